The highest BCUT2D eigenvalue weighted by atomic mass is 16.5. The summed E-state index contributed by atoms with van der Waals surface area (Å²) in [7, 11) is 2.91. The first-order valence-electron chi connectivity index (χ1n) is 4.78. The topological polar surface area (TPSA) is 70.8 Å². The van der Waals surface area contributed by atoms with Gasteiger partial charge in [-0.15, -0.1) is 0 Å². The number of anilines is 1. The molecule has 5 nitrogen and oxygen atoms in total. The first-order valence-corrected chi connectivity index (χ1v) is 4.78. The summed E-state index contributed by atoms with van der Waals surface area (Å²) < 4.78 is 14.8. The lowest BCUT2D eigenvalue weighted by Crippen LogP contribution is -2.07. The van der Waals surface area contributed by atoms with Gasteiger partial charge < -0.3 is 19.9 Å². The minimum absolute atomic E-state index is 0.335. The monoisotopic (exact) mass is 225 g/mol. The zero-order chi connectivity index (χ0) is 12.0. The SMILES string of the molecule is COCCOc1ccc(C(=O)OC)c(N)c1. The molecule has 0 saturated carbocycles. The third kappa shape index (κ3) is 3.13. The lowest BCUT2D eigenvalue weighted by Gasteiger charge is -2.08. The first-order chi connectivity index (χ1) is 7.69. The van der Waals surface area contributed by atoms with Crippen LogP contribution in [0.25, 0.3) is 0 Å². The van der Waals surface area contributed by atoms with Crippen molar-refractivity contribution in [1.29, 1.82) is 0 Å². The van der Waals surface area contributed by atoms with Gasteiger partial charge >= 0.3 is 5.97 Å². The van der Waals surface area contributed by atoms with Gasteiger partial charge in [-0.2, -0.15) is 0 Å². The van der Waals surface area contributed by atoms with E-state index in [4.69, 9.17) is 15.2 Å². The quantitative estimate of drug-likeness (QED) is 0.461. The number of carbonyl (C=O) groups excluding carboxylic acids is 1. The van der Waals surface area contributed by atoms with E-state index in [-0.39, 0.29) is 0 Å². The fourth-order valence-electron chi connectivity index (χ4n) is 1.17. The largest absolute Gasteiger partial charge is 0.491 e. The molecule has 0 saturated heterocycles. The van der Waals surface area contributed by atoms with Crippen LogP contribution < -0.4 is 10.5 Å². The number of nitrogen functional groups attached to an aromatic ring is 1. The molecule has 0 aliphatic heterocycles. The van der Waals surface area contributed by atoms with E-state index in [0.717, 1.165) is 0 Å². The predicted molar refractivity (Wildman–Crippen MR) is 59.6 cm³/mol. The van der Waals surface area contributed by atoms with Crippen LogP contribution in [0.5, 0.6) is 5.75 Å². The van der Waals surface area contributed by atoms with Crippen molar-refractivity contribution in [3.8, 4) is 5.75 Å². The van der Waals surface area contributed by atoms with E-state index in [9.17, 15) is 4.79 Å². The molecule has 0 unspecified atom stereocenters. The molecular formula is C11H15NO4. The van der Waals surface area contributed by atoms with Crippen LogP contribution in [0.4, 0.5) is 5.69 Å². The molecular weight excluding hydrogens is 210 g/mol. The molecule has 5 heteroatoms. The van der Waals surface area contributed by atoms with Gasteiger partial charge in [0.25, 0.3) is 0 Å². The summed E-state index contributed by atoms with van der Waals surface area (Å²) >= 11 is 0. The van der Waals surface area contributed by atoms with Crippen molar-refractivity contribution in [3.05, 3.63) is 23.8 Å². The van der Waals surface area contributed by atoms with E-state index in [1.165, 1.54) is 7.11 Å². The van der Waals surface area contributed by atoms with Crippen molar-refractivity contribution in [2.45, 2.75) is 0 Å². The molecule has 0 amide bonds. The van der Waals surface area contributed by atoms with Crippen LogP contribution in [0, 0.1) is 0 Å². The molecule has 1 aromatic carbocycles. The van der Waals surface area contributed by atoms with Crippen LogP contribution in [-0.2, 0) is 9.47 Å². The van der Waals surface area contributed by atoms with Crippen molar-refractivity contribution in [3.63, 3.8) is 0 Å². The normalized spacial score (nSPS) is 9.88. The summed E-state index contributed by atoms with van der Waals surface area (Å²) in [6.07, 6.45) is 0. The molecule has 16 heavy (non-hydrogen) atoms. The Hall–Kier alpha value is -1.75. The second kappa shape index (κ2) is 5.97. The molecule has 1 rings (SSSR count). The number of rotatable bonds is 5. The van der Waals surface area contributed by atoms with Gasteiger partial charge in [0, 0.05) is 18.9 Å². The van der Waals surface area contributed by atoms with Crippen LogP contribution in [0.15, 0.2) is 18.2 Å². The molecule has 0 fully saturated rings. The number of benzene rings is 1. The van der Waals surface area contributed by atoms with Gasteiger partial charge in [-0.05, 0) is 12.1 Å². The van der Waals surface area contributed by atoms with E-state index in [0.29, 0.717) is 30.2 Å². The molecule has 0 radical (unpaired) electrons. The van der Waals surface area contributed by atoms with Crippen LogP contribution in [0.2, 0.25) is 0 Å². The predicted octanol–water partition coefficient (Wildman–Crippen LogP) is 1.08. The third-order valence-corrected chi connectivity index (χ3v) is 1.98. The van der Waals surface area contributed by atoms with Gasteiger partial charge in [0.1, 0.15) is 12.4 Å². The first kappa shape index (κ1) is 12.3. The highest BCUT2D eigenvalue weighted by molar-refractivity contribution is 5.95. The minimum Gasteiger partial charge on any atom is -0.491 e. The van der Waals surface area contributed by atoms with E-state index in [1.807, 2.05) is 0 Å². The van der Waals surface area contributed by atoms with Gasteiger partial charge in [0.15, 0.2) is 0 Å². The second-order valence-corrected chi connectivity index (χ2v) is 3.08. The van der Waals surface area contributed by atoms with Gasteiger partial charge in [0.2, 0.25) is 0 Å². The van der Waals surface area contributed by atoms with Crippen LogP contribution >= 0.6 is 0 Å². The standard InChI is InChI=1S/C11H15NO4/c1-14-5-6-16-8-3-4-9(10(12)7-8)11(13)15-2/h3-4,7H,5-6,12H2,1-2H3. The summed E-state index contributed by atoms with van der Waals surface area (Å²) in [4.78, 5) is 11.2. The molecule has 0 bridgehead atoms. The zero-order valence-corrected chi connectivity index (χ0v) is 9.36. The van der Waals surface area contributed by atoms with E-state index in [2.05, 4.69) is 4.74 Å². The Morgan fingerprint density at radius 1 is 1.31 bits per heavy atom. The summed E-state index contributed by atoms with van der Waals surface area (Å²) in [5.41, 5.74) is 6.36. The summed E-state index contributed by atoms with van der Waals surface area (Å²) in [5.74, 6) is 0.142. The Morgan fingerprint density at radius 3 is 2.62 bits per heavy atom. The number of carbonyl (C=O) groups is 1. The minimum atomic E-state index is -0.457. The fraction of sp³-hybridized carbons (Fsp3) is 0.364. The van der Waals surface area contributed by atoms with Crippen LogP contribution in [-0.4, -0.2) is 33.4 Å². The lowest BCUT2D eigenvalue weighted by molar-refractivity contribution is 0.0602. The number of ether oxygens (including phenoxy) is 3. The number of hydrogen-bond donors (Lipinski definition) is 1. The van der Waals surface area contributed by atoms with Gasteiger partial charge in [-0.25, -0.2) is 4.79 Å². The molecule has 0 aliphatic rings. The molecule has 0 heterocycles. The number of esters is 1. The van der Waals surface area contributed by atoms with Gasteiger partial charge in [-0.3, -0.25) is 0 Å². The highest BCUT2D eigenvalue weighted by Crippen LogP contribution is 2.20. The average Bonchev–Trinajstić information content (AvgIpc) is 2.29. The van der Waals surface area contributed by atoms with E-state index >= 15 is 0 Å². The molecule has 88 valence electrons. The fourth-order valence-corrected chi connectivity index (χ4v) is 1.17. The maximum atomic E-state index is 11.2. The summed E-state index contributed by atoms with van der Waals surface area (Å²) in [6, 6.07) is 4.82. The maximum absolute atomic E-state index is 11.2. The summed E-state index contributed by atoms with van der Waals surface area (Å²) in [5, 5.41) is 0. The Labute approximate surface area is 94.1 Å². The molecule has 2 N–H and O–H groups in total. The number of methoxy groups -OCH3 is 2. The Morgan fingerprint density at radius 2 is 2.06 bits per heavy atom. The van der Waals surface area contributed by atoms with Gasteiger partial charge in [0.05, 0.1) is 19.3 Å². The zero-order valence-electron chi connectivity index (χ0n) is 9.36. The van der Waals surface area contributed by atoms with Crippen LogP contribution in [0.3, 0.4) is 0 Å². The molecule has 0 atom stereocenters. The maximum Gasteiger partial charge on any atom is 0.339 e. The molecule has 0 spiro atoms. The van der Waals surface area contributed by atoms with Crippen LogP contribution in [0.1, 0.15) is 10.4 Å². The Bertz CT molecular complexity index is 365. The summed E-state index contributed by atoms with van der Waals surface area (Å²) in [6.45, 7) is 0.937. The van der Waals surface area contributed by atoms with Crippen molar-refractivity contribution in [1.82, 2.24) is 0 Å². The number of hydrogen-bond acceptors (Lipinski definition) is 5. The molecule has 1 aromatic rings. The van der Waals surface area contributed by atoms with Crippen molar-refractivity contribution >= 4 is 11.7 Å². The van der Waals surface area contributed by atoms with Crippen molar-refractivity contribution in [2.75, 3.05) is 33.2 Å². The second-order valence-electron chi connectivity index (χ2n) is 3.08. The van der Waals surface area contributed by atoms with E-state index < -0.39 is 5.97 Å². The lowest BCUT2D eigenvalue weighted by atomic mass is 10.2. The third-order valence-electron chi connectivity index (χ3n) is 1.98. The molecule has 0 aliphatic carbocycles. The highest BCUT2D eigenvalue weighted by Gasteiger charge is 2.10. The Balaban J connectivity index is 2.71. The average molecular weight is 225 g/mol. The van der Waals surface area contributed by atoms with Gasteiger partial charge in [-0.1, -0.05) is 0 Å². The smallest absolute Gasteiger partial charge is 0.339 e. The Kier molecular flexibility index (Phi) is 4.60. The van der Waals surface area contributed by atoms with Crippen molar-refractivity contribution in [2.24, 2.45) is 0 Å². The van der Waals surface area contributed by atoms with E-state index in [1.54, 1.807) is 25.3 Å². The molecule has 0 aromatic heterocycles. The number of nitrogens with two attached hydrogens (primary N) is 1. The van der Waals surface area contributed by atoms with Crippen molar-refractivity contribution < 1.29 is 19.0 Å².